The number of anilines is 1. The number of hydrogen-bond donors (Lipinski definition) is 0. The number of carbonyl (C=O) groups excluding carboxylic acids is 3. The summed E-state index contributed by atoms with van der Waals surface area (Å²) >= 11 is 0.839. The van der Waals surface area contributed by atoms with Gasteiger partial charge in [-0.3, -0.25) is 14.4 Å². The van der Waals surface area contributed by atoms with Crippen LogP contribution in [0.4, 0.5) is 10.5 Å². The van der Waals surface area contributed by atoms with Crippen LogP contribution in [0.2, 0.25) is 0 Å². The van der Waals surface area contributed by atoms with Gasteiger partial charge >= 0.3 is 5.97 Å². The number of esters is 1. The van der Waals surface area contributed by atoms with Crippen LogP contribution in [-0.2, 0) is 20.9 Å². The summed E-state index contributed by atoms with van der Waals surface area (Å²) < 4.78 is 6.53. The maximum atomic E-state index is 12.1. The van der Waals surface area contributed by atoms with Gasteiger partial charge in [-0.1, -0.05) is 12.6 Å². The summed E-state index contributed by atoms with van der Waals surface area (Å²) in [6.07, 6.45) is 2.07. The highest BCUT2D eigenvalue weighted by Gasteiger charge is 2.36. The maximum absolute atomic E-state index is 12.1. The summed E-state index contributed by atoms with van der Waals surface area (Å²) in [5.41, 5.74) is 1.37. The van der Waals surface area contributed by atoms with Gasteiger partial charge in [0.05, 0.1) is 29.6 Å². The molecule has 2 amide bonds. The molecule has 0 spiro atoms. The number of carbonyl (C=O) groups is 3. The zero-order valence-electron chi connectivity index (χ0n) is 12.4. The van der Waals surface area contributed by atoms with Gasteiger partial charge in [-0.05, 0) is 30.0 Å². The van der Waals surface area contributed by atoms with Crippen molar-refractivity contribution in [2.24, 2.45) is 0 Å². The van der Waals surface area contributed by atoms with Gasteiger partial charge in [0.1, 0.15) is 0 Å². The molecule has 0 radical (unpaired) electrons. The van der Waals surface area contributed by atoms with E-state index in [1.54, 1.807) is 12.1 Å². The molecule has 23 heavy (non-hydrogen) atoms. The first-order valence-corrected chi connectivity index (χ1v) is 7.74. The minimum atomic E-state index is -0.394. The highest BCUT2D eigenvalue weighted by atomic mass is 32.2. The van der Waals surface area contributed by atoms with Gasteiger partial charge in [-0.15, -0.1) is 0 Å². The molecule has 1 aliphatic heterocycles. The van der Waals surface area contributed by atoms with Crippen LogP contribution in [-0.4, -0.2) is 28.8 Å². The number of nitrogens with zero attached hydrogens (tertiary/aromatic N) is 2. The second kappa shape index (κ2) is 5.92. The summed E-state index contributed by atoms with van der Waals surface area (Å²) in [5.74, 6) is -0.685. The fourth-order valence-corrected chi connectivity index (χ4v) is 3.18. The first kappa shape index (κ1) is 15.4. The van der Waals surface area contributed by atoms with Crippen molar-refractivity contribution < 1.29 is 19.1 Å². The van der Waals surface area contributed by atoms with Crippen LogP contribution in [0.1, 0.15) is 6.42 Å². The Morgan fingerprint density at radius 2 is 2.09 bits per heavy atom. The average molecular weight is 330 g/mol. The van der Waals surface area contributed by atoms with Crippen molar-refractivity contribution >= 4 is 45.5 Å². The molecular weight excluding hydrogens is 316 g/mol. The zero-order valence-corrected chi connectivity index (χ0v) is 13.3. The molecule has 2 aromatic rings. The normalized spacial score (nSPS) is 14.8. The average Bonchev–Trinajstić information content (AvgIpc) is 3.06. The molecule has 2 heterocycles. The maximum Gasteiger partial charge on any atom is 0.307 e. The lowest BCUT2D eigenvalue weighted by Crippen LogP contribution is -2.27. The summed E-state index contributed by atoms with van der Waals surface area (Å²) in [4.78, 5) is 36.8. The van der Waals surface area contributed by atoms with Crippen LogP contribution in [0.25, 0.3) is 10.9 Å². The Kier molecular flexibility index (Phi) is 3.96. The van der Waals surface area contributed by atoms with Crippen LogP contribution in [0.5, 0.6) is 0 Å². The molecule has 6 nitrogen and oxygen atoms in total. The second-order valence-corrected chi connectivity index (χ2v) is 6.02. The molecule has 0 saturated carbocycles. The van der Waals surface area contributed by atoms with Crippen molar-refractivity contribution in [3.05, 3.63) is 41.9 Å². The second-order valence-electron chi connectivity index (χ2n) is 4.98. The standard InChI is InChI=1S/C16H14N2O4S/c1-10-15(20)18(16(21)23-10)13-5-3-4-12-11(13)6-8-17(12)9-7-14(19)22-2/h3-6,8H,1,7,9H2,2H3. The molecule has 1 fully saturated rings. The summed E-state index contributed by atoms with van der Waals surface area (Å²) in [7, 11) is 1.35. The van der Waals surface area contributed by atoms with Crippen molar-refractivity contribution in [3.8, 4) is 0 Å². The Morgan fingerprint density at radius 3 is 2.74 bits per heavy atom. The van der Waals surface area contributed by atoms with Gasteiger partial charge in [0.2, 0.25) is 0 Å². The number of hydrogen-bond acceptors (Lipinski definition) is 5. The zero-order chi connectivity index (χ0) is 16.6. The van der Waals surface area contributed by atoms with Crippen molar-refractivity contribution in [2.45, 2.75) is 13.0 Å². The Bertz CT molecular complexity index is 840. The van der Waals surface area contributed by atoms with Crippen LogP contribution >= 0.6 is 11.8 Å². The molecule has 7 heteroatoms. The third-order valence-corrected chi connectivity index (χ3v) is 4.43. The van der Waals surface area contributed by atoms with E-state index >= 15 is 0 Å². The molecule has 3 rings (SSSR count). The van der Waals surface area contributed by atoms with Crippen molar-refractivity contribution in [3.63, 3.8) is 0 Å². The monoisotopic (exact) mass is 330 g/mol. The van der Waals surface area contributed by atoms with Crippen LogP contribution in [0.15, 0.2) is 41.9 Å². The van der Waals surface area contributed by atoms with Gasteiger partial charge in [0.15, 0.2) is 0 Å². The minimum absolute atomic E-state index is 0.220. The molecular formula is C16H14N2O4S. The number of ether oxygens (including phenoxy) is 1. The Labute approximate surface area is 136 Å². The SMILES string of the molecule is C=C1SC(=O)N(c2cccc3c2ccn3CCC(=O)OC)C1=O. The van der Waals surface area contributed by atoms with Gasteiger partial charge in [-0.2, -0.15) is 0 Å². The highest BCUT2D eigenvalue weighted by Crippen LogP contribution is 2.37. The molecule has 0 N–H and O–H groups in total. The summed E-state index contributed by atoms with van der Waals surface area (Å²) in [5, 5.41) is 0.421. The third kappa shape index (κ3) is 2.63. The molecule has 0 aliphatic carbocycles. The third-order valence-electron chi connectivity index (χ3n) is 3.65. The molecule has 1 aromatic carbocycles. The summed E-state index contributed by atoms with van der Waals surface area (Å²) in [6.45, 7) is 4.06. The van der Waals surface area contributed by atoms with Crippen molar-refractivity contribution in [2.75, 3.05) is 12.0 Å². The van der Waals surface area contributed by atoms with Crippen molar-refractivity contribution in [1.29, 1.82) is 0 Å². The number of rotatable bonds is 4. The molecule has 1 aliphatic rings. The molecule has 0 atom stereocenters. The van der Waals surface area contributed by atoms with Gasteiger partial charge in [-0.25, -0.2) is 4.90 Å². The number of benzene rings is 1. The van der Waals surface area contributed by atoms with Gasteiger partial charge in [0.25, 0.3) is 11.1 Å². The predicted octanol–water partition coefficient (Wildman–Crippen LogP) is 2.92. The van der Waals surface area contributed by atoms with E-state index in [4.69, 9.17) is 0 Å². The number of aromatic nitrogens is 1. The smallest absolute Gasteiger partial charge is 0.307 e. The molecule has 1 aromatic heterocycles. The minimum Gasteiger partial charge on any atom is -0.469 e. The van der Waals surface area contributed by atoms with E-state index in [0.717, 1.165) is 27.6 Å². The van der Waals surface area contributed by atoms with Crippen LogP contribution < -0.4 is 4.90 Å². The number of imide groups is 1. The topological polar surface area (TPSA) is 68.6 Å². The van der Waals surface area contributed by atoms with E-state index in [9.17, 15) is 14.4 Å². The molecule has 0 bridgehead atoms. The Balaban J connectivity index is 1.99. The fraction of sp³-hybridized carbons (Fsp3) is 0.188. The highest BCUT2D eigenvalue weighted by molar-refractivity contribution is 8.18. The van der Waals surface area contributed by atoms with E-state index in [0.29, 0.717) is 12.2 Å². The predicted molar refractivity (Wildman–Crippen MR) is 88.2 cm³/mol. The Morgan fingerprint density at radius 1 is 1.30 bits per heavy atom. The van der Waals surface area contributed by atoms with Gasteiger partial charge in [0, 0.05) is 18.1 Å². The summed E-state index contributed by atoms with van der Waals surface area (Å²) in [6, 6.07) is 7.21. The number of thioether (sulfide) groups is 1. The van der Waals surface area contributed by atoms with Crippen LogP contribution in [0.3, 0.4) is 0 Å². The van der Waals surface area contributed by atoms with E-state index in [-0.39, 0.29) is 22.5 Å². The first-order chi connectivity index (χ1) is 11.0. The number of amides is 2. The Hall–Kier alpha value is -2.54. The van der Waals surface area contributed by atoms with E-state index in [2.05, 4.69) is 11.3 Å². The first-order valence-electron chi connectivity index (χ1n) is 6.92. The van der Waals surface area contributed by atoms with E-state index in [1.165, 1.54) is 7.11 Å². The molecule has 1 saturated heterocycles. The van der Waals surface area contributed by atoms with Gasteiger partial charge < -0.3 is 9.30 Å². The lowest BCUT2D eigenvalue weighted by atomic mass is 10.2. The quantitative estimate of drug-likeness (QED) is 0.637. The lowest BCUT2D eigenvalue weighted by Gasteiger charge is -2.14. The van der Waals surface area contributed by atoms with Crippen LogP contribution in [0, 0.1) is 0 Å². The number of fused-ring (bicyclic) bond motifs is 1. The number of methoxy groups -OCH3 is 1. The van der Waals surface area contributed by atoms with E-state index < -0.39 is 5.91 Å². The van der Waals surface area contributed by atoms with E-state index in [1.807, 2.05) is 22.9 Å². The molecule has 118 valence electrons. The largest absolute Gasteiger partial charge is 0.469 e. The van der Waals surface area contributed by atoms with Crippen molar-refractivity contribution in [1.82, 2.24) is 4.57 Å². The lowest BCUT2D eigenvalue weighted by molar-refractivity contribution is -0.140. The molecule has 0 unspecified atom stereocenters. The fourth-order valence-electron chi connectivity index (χ4n) is 2.52. The number of aryl methyl sites for hydroxylation is 1.